The Morgan fingerprint density at radius 3 is 2.80 bits per heavy atom. The molecule has 1 aromatic rings. The summed E-state index contributed by atoms with van der Waals surface area (Å²) >= 11 is 11.6. The van der Waals surface area contributed by atoms with E-state index in [1.54, 1.807) is 12.1 Å². The van der Waals surface area contributed by atoms with Gasteiger partial charge in [-0.05, 0) is 12.5 Å². The van der Waals surface area contributed by atoms with Gasteiger partial charge in [-0.2, -0.15) is 0 Å². The summed E-state index contributed by atoms with van der Waals surface area (Å²) in [6.45, 7) is 2.86. The molecule has 0 aromatic carbocycles. The number of unbranched alkanes of at least 4 members (excludes halogenated alkanes) is 2. The van der Waals surface area contributed by atoms with Crippen LogP contribution in [0.25, 0.3) is 0 Å². The lowest BCUT2D eigenvalue weighted by atomic mass is 10.3. The SMILES string of the molecule is CCCCCOc1ccc(Cl)c(CCl)n1. The molecule has 0 spiro atoms. The minimum atomic E-state index is 0.311. The van der Waals surface area contributed by atoms with Crippen LogP contribution in [0.15, 0.2) is 12.1 Å². The lowest BCUT2D eigenvalue weighted by molar-refractivity contribution is 0.294. The van der Waals surface area contributed by atoms with E-state index in [-0.39, 0.29) is 0 Å². The van der Waals surface area contributed by atoms with Gasteiger partial charge in [0, 0.05) is 6.07 Å². The van der Waals surface area contributed by atoms with Gasteiger partial charge in [0.2, 0.25) is 5.88 Å². The zero-order chi connectivity index (χ0) is 11.1. The Labute approximate surface area is 101 Å². The molecule has 0 aliphatic rings. The van der Waals surface area contributed by atoms with Crippen molar-refractivity contribution in [2.75, 3.05) is 6.61 Å². The fraction of sp³-hybridized carbons (Fsp3) is 0.545. The number of hydrogen-bond donors (Lipinski definition) is 0. The van der Waals surface area contributed by atoms with Crippen molar-refractivity contribution in [3.63, 3.8) is 0 Å². The van der Waals surface area contributed by atoms with E-state index in [1.807, 2.05) is 0 Å². The zero-order valence-corrected chi connectivity index (χ0v) is 10.3. The highest BCUT2D eigenvalue weighted by molar-refractivity contribution is 6.32. The lowest BCUT2D eigenvalue weighted by Gasteiger charge is -2.06. The van der Waals surface area contributed by atoms with Gasteiger partial charge >= 0.3 is 0 Å². The minimum Gasteiger partial charge on any atom is -0.478 e. The van der Waals surface area contributed by atoms with E-state index < -0.39 is 0 Å². The summed E-state index contributed by atoms with van der Waals surface area (Å²) in [5.74, 6) is 0.913. The maximum Gasteiger partial charge on any atom is 0.213 e. The van der Waals surface area contributed by atoms with Gasteiger partial charge in [0.05, 0.1) is 23.2 Å². The highest BCUT2D eigenvalue weighted by atomic mass is 35.5. The number of nitrogens with zero attached hydrogens (tertiary/aromatic N) is 1. The van der Waals surface area contributed by atoms with Crippen molar-refractivity contribution in [2.45, 2.75) is 32.1 Å². The Balaban J connectivity index is 2.47. The van der Waals surface area contributed by atoms with Gasteiger partial charge in [-0.15, -0.1) is 11.6 Å². The van der Waals surface area contributed by atoms with Crippen LogP contribution in [-0.2, 0) is 5.88 Å². The van der Waals surface area contributed by atoms with Gasteiger partial charge in [-0.3, -0.25) is 0 Å². The van der Waals surface area contributed by atoms with E-state index in [4.69, 9.17) is 27.9 Å². The maximum absolute atomic E-state index is 5.88. The number of halogens is 2. The van der Waals surface area contributed by atoms with Crippen molar-refractivity contribution in [3.8, 4) is 5.88 Å². The Kier molecular flexibility index (Phi) is 5.81. The van der Waals surface area contributed by atoms with E-state index in [0.29, 0.717) is 29.1 Å². The monoisotopic (exact) mass is 247 g/mol. The molecule has 0 atom stereocenters. The number of ether oxygens (including phenoxy) is 1. The lowest BCUT2D eigenvalue weighted by Crippen LogP contribution is -2.00. The average molecular weight is 248 g/mol. The first kappa shape index (κ1) is 12.6. The standard InChI is InChI=1S/C11H15Cl2NO/c1-2-3-4-7-15-11-6-5-9(13)10(8-12)14-11/h5-6H,2-4,7-8H2,1H3. The molecule has 1 rings (SSSR count). The smallest absolute Gasteiger partial charge is 0.213 e. The van der Waals surface area contributed by atoms with Crippen LogP contribution in [0.1, 0.15) is 31.9 Å². The highest BCUT2D eigenvalue weighted by Crippen LogP contribution is 2.19. The molecule has 0 saturated carbocycles. The molecule has 0 saturated heterocycles. The Hall–Kier alpha value is -0.470. The van der Waals surface area contributed by atoms with E-state index in [1.165, 1.54) is 12.8 Å². The van der Waals surface area contributed by atoms with Gasteiger partial charge in [0.15, 0.2) is 0 Å². The van der Waals surface area contributed by atoms with E-state index >= 15 is 0 Å². The summed E-state index contributed by atoms with van der Waals surface area (Å²) in [7, 11) is 0. The topological polar surface area (TPSA) is 22.1 Å². The number of aromatic nitrogens is 1. The zero-order valence-electron chi connectivity index (χ0n) is 8.80. The molecule has 0 aliphatic carbocycles. The third-order valence-corrected chi connectivity index (χ3v) is 2.61. The average Bonchev–Trinajstić information content (AvgIpc) is 2.26. The summed E-state index contributed by atoms with van der Waals surface area (Å²) in [5.41, 5.74) is 0.673. The normalized spacial score (nSPS) is 10.3. The van der Waals surface area contributed by atoms with Crippen molar-refractivity contribution in [2.24, 2.45) is 0 Å². The minimum absolute atomic E-state index is 0.311. The molecule has 4 heteroatoms. The molecule has 84 valence electrons. The number of hydrogen-bond acceptors (Lipinski definition) is 2. The first-order chi connectivity index (χ1) is 7.27. The fourth-order valence-electron chi connectivity index (χ4n) is 1.17. The summed E-state index contributed by atoms with van der Waals surface area (Å²) < 4.78 is 5.48. The first-order valence-corrected chi connectivity index (χ1v) is 6.03. The molecular weight excluding hydrogens is 233 g/mol. The van der Waals surface area contributed by atoms with E-state index in [2.05, 4.69) is 11.9 Å². The predicted molar refractivity (Wildman–Crippen MR) is 63.8 cm³/mol. The van der Waals surface area contributed by atoms with Crippen molar-refractivity contribution in [3.05, 3.63) is 22.8 Å². The molecule has 0 fully saturated rings. The quantitative estimate of drug-likeness (QED) is 0.559. The number of pyridine rings is 1. The van der Waals surface area contributed by atoms with Gasteiger partial charge in [-0.25, -0.2) is 4.98 Å². The summed E-state index contributed by atoms with van der Waals surface area (Å²) in [4.78, 5) is 4.20. The van der Waals surface area contributed by atoms with Crippen LogP contribution < -0.4 is 4.74 Å². The molecule has 2 nitrogen and oxygen atoms in total. The summed E-state index contributed by atoms with van der Waals surface area (Å²) in [6, 6.07) is 3.53. The highest BCUT2D eigenvalue weighted by Gasteiger charge is 2.03. The Bertz CT molecular complexity index is 305. The van der Waals surface area contributed by atoms with Crippen LogP contribution in [0, 0.1) is 0 Å². The van der Waals surface area contributed by atoms with Crippen LogP contribution in [0.3, 0.4) is 0 Å². The summed E-state index contributed by atoms with van der Waals surface area (Å²) in [5, 5.41) is 0.589. The van der Waals surface area contributed by atoms with Gasteiger partial charge in [0.25, 0.3) is 0 Å². The second kappa shape index (κ2) is 6.91. The van der Waals surface area contributed by atoms with Crippen molar-refractivity contribution in [1.29, 1.82) is 0 Å². The number of alkyl halides is 1. The van der Waals surface area contributed by atoms with Gasteiger partial charge in [0.1, 0.15) is 0 Å². The maximum atomic E-state index is 5.88. The van der Waals surface area contributed by atoms with Crippen LogP contribution in [0.4, 0.5) is 0 Å². The first-order valence-electron chi connectivity index (χ1n) is 5.12. The van der Waals surface area contributed by atoms with Crippen LogP contribution >= 0.6 is 23.2 Å². The molecule has 0 amide bonds. The molecular formula is C11H15Cl2NO. The molecule has 0 unspecified atom stereocenters. The largest absolute Gasteiger partial charge is 0.478 e. The van der Waals surface area contributed by atoms with Crippen LogP contribution in [0.2, 0.25) is 5.02 Å². The van der Waals surface area contributed by atoms with Gasteiger partial charge < -0.3 is 4.74 Å². The van der Waals surface area contributed by atoms with Crippen molar-refractivity contribution in [1.82, 2.24) is 4.98 Å². The molecule has 0 N–H and O–H groups in total. The molecule has 0 radical (unpaired) electrons. The second-order valence-corrected chi connectivity index (χ2v) is 3.94. The summed E-state index contributed by atoms with van der Waals surface area (Å²) in [6.07, 6.45) is 3.41. The molecule has 0 aliphatic heterocycles. The molecule has 15 heavy (non-hydrogen) atoms. The van der Waals surface area contributed by atoms with Crippen LogP contribution in [0.5, 0.6) is 5.88 Å². The fourth-order valence-corrected chi connectivity index (χ4v) is 1.61. The van der Waals surface area contributed by atoms with E-state index in [9.17, 15) is 0 Å². The Morgan fingerprint density at radius 1 is 1.33 bits per heavy atom. The third-order valence-electron chi connectivity index (χ3n) is 2.02. The third kappa shape index (κ3) is 4.27. The predicted octanol–water partition coefficient (Wildman–Crippen LogP) is 4.04. The molecule has 1 aromatic heterocycles. The Morgan fingerprint density at radius 2 is 2.13 bits per heavy atom. The molecule has 0 bridgehead atoms. The molecule has 1 heterocycles. The van der Waals surface area contributed by atoms with Gasteiger partial charge in [-0.1, -0.05) is 31.4 Å². The van der Waals surface area contributed by atoms with E-state index in [0.717, 1.165) is 6.42 Å². The van der Waals surface area contributed by atoms with Crippen LogP contribution in [-0.4, -0.2) is 11.6 Å². The van der Waals surface area contributed by atoms with Crippen molar-refractivity contribution < 1.29 is 4.74 Å². The number of rotatable bonds is 6. The second-order valence-electron chi connectivity index (χ2n) is 3.27. The van der Waals surface area contributed by atoms with Crippen molar-refractivity contribution >= 4 is 23.2 Å².